The van der Waals surface area contributed by atoms with Crippen LogP contribution in [0.15, 0.2) is 30.3 Å². The van der Waals surface area contributed by atoms with E-state index in [1.165, 1.54) is 0 Å². The van der Waals surface area contributed by atoms with Crippen molar-refractivity contribution in [1.29, 1.82) is 0 Å². The van der Waals surface area contributed by atoms with Crippen molar-refractivity contribution in [2.45, 2.75) is 44.3 Å². The average molecular weight is 344 g/mol. The molecule has 2 saturated heterocycles. The molecule has 1 aromatic carbocycles. The lowest BCUT2D eigenvalue weighted by Gasteiger charge is -2.25. The second-order valence-electron chi connectivity index (χ2n) is 7.37. The van der Waals surface area contributed by atoms with E-state index in [0.29, 0.717) is 38.0 Å². The molecule has 3 rings (SSSR count). The molecule has 3 atom stereocenters. The molecule has 0 saturated carbocycles. The number of likely N-dealkylation sites (N-methyl/N-ethyl adjacent to an activating group) is 2. The molecule has 2 bridgehead atoms. The van der Waals surface area contributed by atoms with Crippen LogP contribution in [0.3, 0.4) is 0 Å². The molecule has 0 aromatic heterocycles. The van der Waals surface area contributed by atoms with Crippen molar-refractivity contribution in [3.8, 4) is 0 Å². The number of fused-ring (bicyclic) bond motifs is 2. The van der Waals surface area contributed by atoms with Crippen LogP contribution in [0.2, 0.25) is 0 Å². The molecular weight excluding hydrogens is 316 g/mol. The maximum absolute atomic E-state index is 12.4. The van der Waals surface area contributed by atoms with Crippen LogP contribution in [-0.4, -0.2) is 61.0 Å². The Bertz CT molecular complexity index is 604. The van der Waals surface area contributed by atoms with Gasteiger partial charge in [0.25, 0.3) is 0 Å². The van der Waals surface area contributed by atoms with Gasteiger partial charge in [-0.1, -0.05) is 30.3 Å². The summed E-state index contributed by atoms with van der Waals surface area (Å²) in [4.78, 5) is 28.1. The quantitative estimate of drug-likeness (QED) is 0.761. The van der Waals surface area contributed by atoms with Crippen LogP contribution >= 0.6 is 0 Å². The zero-order chi connectivity index (χ0) is 17.8. The molecule has 5 nitrogen and oxygen atoms in total. The van der Waals surface area contributed by atoms with Crippen molar-refractivity contribution < 1.29 is 14.3 Å². The number of hydrogen-bond donors (Lipinski definition) is 0. The Kier molecular flexibility index (Phi) is 5.74. The average Bonchev–Trinajstić information content (AvgIpc) is 3.23. The van der Waals surface area contributed by atoms with E-state index < -0.39 is 0 Å². The number of rotatable bonds is 7. The normalized spacial score (nSPS) is 24.3. The predicted octanol–water partition coefficient (Wildman–Crippen LogP) is 2.10. The standard InChI is InChI=1S/C20H28N2O3/c1-21(19(23)12-15-6-4-3-5-7-15)10-11-22(2)20(24)14-16-13-17-8-9-18(16)25-17/h3-7,16-18H,8-14H2,1-2H3. The largest absolute Gasteiger partial charge is 0.375 e. The van der Waals surface area contributed by atoms with Crippen molar-refractivity contribution in [2.24, 2.45) is 5.92 Å². The zero-order valence-corrected chi connectivity index (χ0v) is 15.2. The summed E-state index contributed by atoms with van der Waals surface area (Å²) in [5.41, 5.74) is 1.01. The molecule has 136 valence electrons. The molecule has 2 aliphatic heterocycles. The third-order valence-electron chi connectivity index (χ3n) is 5.49. The number of carbonyl (C=O) groups excluding carboxylic acids is 2. The summed E-state index contributed by atoms with van der Waals surface area (Å²) >= 11 is 0. The van der Waals surface area contributed by atoms with E-state index in [4.69, 9.17) is 4.74 Å². The van der Waals surface area contributed by atoms with Crippen LogP contribution in [0.5, 0.6) is 0 Å². The van der Waals surface area contributed by atoms with Gasteiger partial charge < -0.3 is 14.5 Å². The van der Waals surface area contributed by atoms with Gasteiger partial charge >= 0.3 is 0 Å². The van der Waals surface area contributed by atoms with E-state index in [-0.39, 0.29) is 17.9 Å². The van der Waals surface area contributed by atoms with E-state index in [0.717, 1.165) is 24.8 Å². The number of amides is 2. The zero-order valence-electron chi connectivity index (χ0n) is 15.2. The third kappa shape index (κ3) is 4.60. The van der Waals surface area contributed by atoms with E-state index in [9.17, 15) is 9.59 Å². The smallest absolute Gasteiger partial charge is 0.226 e. The summed E-state index contributed by atoms with van der Waals surface area (Å²) in [6, 6.07) is 9.74. The Morgan fingerprint density at radius 3 is 2.32 bits per heavy atom. The fourth-order valence-electron chi connectivity index (χ4n) is 3.79. The monoisotopic (exact) mass is 344 g/mol. The minimum Gasteiger partial charge on any atom is -0.375 e. The van der Waals surface area contributed by atoms with Gasteiger partial charge in [0.05, 0.1) is 18.6 Å². The summed E-state index contributed by atoms with van der Waals surface area (Å²) in [6.07, 6.45) is 4.92. The molecule has 0 N–H and O–H groups in total. The van der Waals surface area contributed by atoms with Gasteiger partial charge in [0.2, 0.25) is 11.8 Å². The van der Waals surface area contributed by atoms with Crippen molar-refractivity contribution in [2.75, 3.05) is 27.2 Å². The highest BCUT2D eigenvalue weighted by Crippen LogP contribution is 2.40. The highest BCUT2D eigenvalue weighted by atomic mass is 16.5. The number of nitrogens with zero attached hydrogens (tertiary/aromatic N) is 2. The van der Waals surface area contributed by atoms with Gasteiger partial charge in [0.1, 0.15) is 0 Å². The molecule has 2 heterocycles. The molecule has 25 heavy (non-hydrogen) atoms. The van der Waals surface area contributed by atoms with Crippen LogP contribution in [0.1, 0.15) is 31.2 Å². The van der Waals surface area contributed by atoms with Crippen LogP contribution < -0.4 is 0 Å². The molecule has 5 heteroatoms. The highest BCUT2D eigenvalue weighted by Gasteiger charge is 2.41. The van der Waals surface area contributed by atoms with Crippen LogP contribution in [0.4, 0.5) is 0 Å². The molecule has 1 aromatic rings. The first kappa shape index (κ1) is 17.9. The van der Waals surface area contributed by atoms with E-state index in [1.54, 1.807) is 16.8 Å². The van der Waals surface area contributed by atoms with Crippen LogP contribution in [0.25, 0.3) is 0 Å². The van der Waals surface area contributed by atoms with E-state index in [1.807, 2.05) is 37.4 Å². The van der Waals surface area contributed by atoms with Crippen LogP contribution in [-0.2, 0) is 20.7 Å². The number of ether oxygens (including phenoxy) is 1. The van der Waals surface area contributed by atoms with Gasteiger partial charge in [0.15, 0.2) is 0 Å². The highest BCUT2D eigenvalue weighted by molar-refractivity contribution is 5.79. The summed E-state index contributed by atoms with van der Waals surface area (Å²) < 4.78 is 5.83. The third-order valence-corrected chi connectivity index (χ3v) is 5.49. The minimum atomic E-state index is 0.0774. The Labute approximate surface area is 149 Å². The molecule has 2 fully saturated rings. The van der Waals surface area contributed by atoms with Crippen LogP contribution in [0, 0.1) is 5.92 Å². The Balaban J connectivity index is 1.39. The number of benzene rings is 1. The second kappa shape index (κ2) is 8.00. The molecular formula is C20H28N2O3. The first-order chi connectivity index (χ1) is 12.0. The summed E-state index contributed by atoms with van der Waals surface area (Å²) in [5, 5.41) is 0. The molecule has 2 aliphatic rings. The van der Waals surface area contributed by atoms with Crippen molar-refractivity contribution in [3.63, 3.8) is 0 Å². The van der Waals surface area contributed by atoms with E-state index in [2.05, 4.69) is 0 Å². The molecule has 3 unspecified atom stereocenters. The first-order valence-corrected chi connectivity index (χ1v) is 9.20. The lowest BCUT2D eigenvalue weighted by molar-refractivity contribution is -0.134. The fraction of sp³-hybridized carbons (Fsp3) is 0.600. The Morgan fingerprint density at radius 2 is 1.72 bits per heavy atom. The van der Waals surface area contributed by atoms with Gasteiger partial charge in [-0.15, -0.1) is 0 Å². The van der Waals surface area contributed by atoms with Crippen molar-refractivity contribution in [3.05, 3.63) is 35.9 Å². The first-order valence-electron chi connectivity index (χ1n) is 9.20. The van der Waals surface area contributed by atoms with Gasteiger partial charge in [0, 0.05) is 33.6 Å². The van der Waals surface area contributed by atoms with Crippen molar-refractivity contribution in [1.82, 2.24) is 9.80 Å². The van der Waals surface area contributed by atoms with E-state index >= 15 is 0 Å². The van der Waals surface area contributed by atoms with Gasteiger partial charge in [-0.05, 0) is 30.7 Å². The Morgan fingerprint density at radius 1 is 1.04 bits per heavy atom. The van der Waals surface area contributed by atoms with Gasteiger partial charge in [-0.3, -0.25) is 9.59 Å². The van der Waals surface area contributed by atoms with Gasteiger partial charge in [-0.25, -0.2) is 0 Å². The SMILES string of the molecule is CN(CCN(C)C(=O)CC1CC2CCC1O2)C(=O)Cc1ccccc1. The lowest BCUT2D eigenvalue weighted by Crippen LogP contribution is -2.39. The number of carbonyl (C=O) groups is 2. The summed E-state index contributed by atoms with van der Waals surface area (Å²) in [6.45, 7) is 1.12. The predicted molar refractivity (Wildman–Crippen MR) is 96.0 cm³/mol. The lowest BCUT2D eigenvalue weighted by atomic mass is 9.86. The molecule has 0 aliphatic carbocycles. The summed E-state index contributed by atoms with van der Waals surface area (Å²) in [5.74, 6) is 0.616. The fourth-order valence-corrected chi connectivity index (χ4v) is 3.79. The second-order valence-corrected chi connectivity index (χ2v) is 7.37. The summed E-state index contributed by atoms with van der Waals surface area (Å²) in [7, 11) is 3.62. The maximum Gasteiger partial charge on any atom is 0.226 e. The molecule has 2 amide bonds. The molecule has 0 radical (unpaired) electrons. The maximum atomic E-state index is 12.4. The number of hydrogen-bond acceptors (Lipinski definition) is 3. The van der Waals surface area contributed by atoms with Crippen molar-refractivity contribution >= 4 is 11.8 Å². The van der Waals surface area contributed by atoms with Gasteiger partial charge in [-0.2, -0.15) is 0 Å². The molecule has 0 spiro atoms. The topological polar surface area (TPSA) is 49.9 Å². The Hall–Kier alpha value is -1.88. The minimum absolute atomic E-state index is 0.0774.